The van der Waals surface area contributed by atoms with Gasteiger partial charge in [-0.25, -0.2) is 23.5 Å². The Morgan fingerprint density at radius 3 is 2.58 bits per heavy atom. The second kappa shape index (κ2) is 9.80. The Bertz CT molecular complexity index is 1570. The van der Waals surface area contributed by atoms with Gasteiger partial charge in [-0.1, -0.05) is 25.4 Å². The van der Waals surface area contributed by atoms with Crippen LogP contribution < -0.4 is 10.6 Å². The predicted molar refractivity (Wildman–Crippen MR) is 146 cm³/mol. The predicted octanol–water partition coefficient (Wildman–Crippen LogP) is 5.24. The summed E-state index contributed by atoms with van der Waals surface area (Å²) in [5.74, 6) is -0.955. The second-order valence-corrected chi connectivity index (χ2v) is 11.7. The van der Waals surface area contributed by atoms with E-state index in [0.29, 0.717) is 5.69 Å². The lowest BCUT2D eigenvalue weighted by molar-refractivity contribution is 0.000329. The summed E-state index contributed by atoms with van der Waals surface area (Å²) in [6.07, 6.45) is 0.909. The highest BCUT2D eigenvalue weighted by Gasteiger charge is 2.40. The minimum atomic E-state index is -2.60. The van der Waals surface area contributed by atoms with Crippen molar-refractivity contribution in [3.05, 3.63) is 51.0 Å². The van der Waals surface area contributed by atoms with E-state index >= 15 is 0 Å². The van der Waals surface area contributed by atoms with Crippen LogP contribution in [-0.2, 0) is 4.74 Å². The molecule has 4 rings (SSSR count). The molecule has 1 aliphatic heterocycles. The van der Waals surface area contributed by atoms with Gasteiger partial charge in [0.25, 0.3) is 0 Å². The number of ether oxygens (including phenoxy) is 1. The molecule has 1 amide bonds. The van der Waals surface area contributed by atoms with E-state index < -0.39 is 40.7 Å². The van der Waals surface area contributed by atoms with Crippen molar-refractivity contribution < 1.29 is 18.0 Å². The number of pyridine rings is 2. The fourth-order valence-corrected chi connectivity index (χ4v) is 4.78. The molecule has 1 aliphatic rings. The first kappa shape index (κ1) is 23.8. The Kier molecular flexibility index (Phi) is 6.14. The molecule has 0 aromatic carbocycles. The zero-order valence-electron chi connectivity index (χ0n) is 25.6. The molecule has 11 heteroatoms. The van der Waals surface area contributed by atoms with Gasteiger partial charge in [-0.3, -0.25) is 9.88 Å². The number of hydrogen-bond acceptors (Lipinski definition) is 7. The number of carbonyl (C=O) groups excluding carboxylic acids is 1. The lowest BCUT2D eigenvalue weighted by Crippen LogP contribution is -2.62. The number of carbonyl (C=O) groups is 1. The van der Waals surface area contributed by atoms with E-state index in [2.05, 4.69) is 15.0 Å². The molecule has 0 bridgehead atoms. The molecule has 4 heterocycles. The number of rotatable bonds is 3. The van der Waals surface area contributed by atoms with Crippen LogP contribution in [0.2, 0.25) is 5.15 Å². The first-order chi connectivity index (χ1) is 18.8. The van der Waals surface area contributed by atoms with Crippen molar-refractivity contribution in [2.75, 3.05) is 24.5 Å². The Balaban J connectivity index is 1.93. The summed E-state index contributed by atoms with van der Waals surface area (Å²) in [7, 11) is 0. The SMILES string of the molecule is [2H]C([2H])([2H])c1ccnc(C(C)C)c1-n1c(=O)nc(N2CCN(C(=O)OC(C)(C)C)C(C)(C)C2)c2cc(F)c(Cl)nc21. The van der Waals surface area contributed by atoms with Crippen molar-refractivity contribution in [3.63, 3.8) is 0 Å². The Hall–Kier alpha value is -3.27. The molecule has 3 aromatic heterocycles. The van der Waals surface area contributed by atoms with E-state index in [1.807, 2.05) is 27.7 Å². The average molecular weight is 548 g/mol. The lowest BCUT2D eigenvalue weighted by Gasteiger charge is -2.47. The summed E-state index contributed by atoms with van der Waals surface area (Å²) in [5, 5.41) is -0.327. The quantitative estimate of drug-likeness (QED) is 0.414. The summed E-state index contributed by atoms with van der Waals surface area (Å²) in [6.45, 7) is 10.9. The van der Waals surface area contributed by atoms with Crippen LogP contribution in [0.5, 0.6) is 0 Å². The number of halogens is 2. The average Bonchev–Trinajstić information content (AvgIpc) is 2.82. The van der Waals surface area contributed by atoms with Crippen LogP contribution in [-0.4, -0.2) is 61.3 Å². The number of aryl methyl sites for hydroxylation is 1. The molecule has 1 saturated heterocycles. The molecule has 0 spiro atoms. The number of nitrogens with zero attached hydrogens (tertiary/aromatic N) is 6. The van der Waals surface area contributed by atoms with Crippen molar-refractivity contribution >= 4 is 34.5 Å². The highest BCUT2D eigenvalue weighted by Crippen LogP contribution is 2.33. The van der Waals surface area contributed by atoms with E-state index in [-0.39, 0.29) is 53.7 Å². The van der Waals surface area contributed by atoms with Gasteiger partial charge in [-0.2, -0.15) is 4.98 Å². The van der Waals surface area contributed by atoms with Gasteiger partial charge < -0.3 is 9.64 Å². The molecule has 38 heavy (non-hydrogen) atoms. The zero-order valence-corrected chi connectivity index (χ0v) is 23.4. The van der Waals surface area contributed by atoms with Gasteiger partial charge in [-0.05, 0) is 65.1 Å². The standard InChI is InChI=1S/C27H34ClFN6O3/c1-15(2)19-20(16(3)9-10-30-19)35-23-17(13-18(29)21(28)31-23)22(32-24(35)36)33-11-12-34(27(7,8)14-33)25(37)38-26(4,5)6/h9-10,13,15H,11-12,14H2,1-8H3/i3D3. The van der Waals surface area contributed by atoms with Crippen molar-refractivity contribution in [1.29, 1.82) is 0 Å². The highest BCUT2D eigenvalue weighted by atomic mass is 35.5. The number of piperazine rings is 1. The van der Waals surface area contributed by atoms with Crippen LogP contribution >= 0.6 is 11.6 Å². The van der Waals surface area contributed by atoms with Gasteiger partial charge in [-0.15, -0.1) is 0 Å². The maximum atomic E-state index is 14.9. The molecule has 204 valence electrons. The van der Waals surface area contributed by atoms with Crippen molar-refractivity contribution in [2.45, 2.75) is 72.4 Å². The van der Waals surface area contributed by atoms with Crippen LogP contribution in [0.4, 0.5) is 15.0 Å². The van der Waals surface area contributed by atoms with Crippen molar-refractivity contribution in [2.24, 2.45) is 0 Å². The van der Waals surface area contributed by atoms with Gasteiger partial charge in [0.1, 0.15) is 11.4 Å². The van der Waals surface area contributed by atoms with E-state index in [1.54, 1.807) is 30.6 Å². The Morgan fingerprint density at radius 1 is 1.26 bits per heavy atom. The topological polar surface area (TPSA) is 93.5 Å². The maximum absolute atomic E-state index is 14.9. The van der Waals surface area contributed by atoms with Crippen LogP contribution in [0.15, 0.2) is 23.1 Å². The smallest absolute Gasteiger partial charge is 0.410 e. The van der Waals surface area contributed by atoms with E-state index in [1.165, 1.54) is 12.3 Å². The Labute approximate surface area is 230 Å². The molecule has 0 unspecified atom stereocenters. The van der Waals surface area contributed by atoms with Crippen LogP contribution in [0.25, 0.3) is 16.7 Å². The second-order valence-electron chi connectivity index (χ2n) is 11.3. The number of anilines is 1. The summed E-state index contributed by atoms with van der Waals surface area (Å²) in [5.41, 5.74) is -2.07. The monoisotopic (exact) mass is 547 g/mol. The number of amides is 1. The van der Waals surface area contributed by atoms with Gasteiger partial charge in [0.2, 0.25) is 0 Å². The van der Waals surface area contributed by atoms with Crippen LogP contribution in [0, 0.1) is 12.7 Å². The molecular weight excluding hydrogens is 511 g/mol. The van der Waals surface area contributed by atoms with Crippen LogP contribution in [0.1, 0.15) is 69.8 Å². The molecule has 0 atom stereocenters. The number of fused-ring (bicyclic) bond motifs is 1. The summed E-state index contributed by atoms with van der Waals surface area (Å²) in [6, 6.07) is 2.46. The van der Waals surface area contributed by atoms with Gasteiger partial charge in [0.15, 0.2) is 16.6 Å². The zero-order chi connectivity index (χ0) is 30.7. The summed E-state index contributed by atoms with van der Waals surface area (Å²) >= 11 is 6.10. The van der Waals surface area contributed by atoms with Gasteiger partial charge in [0, 0.05) is 29.9 Å². The Morgan fingerprint density at radius 2 is 1.97 bits per heavy atom. The molecule has 0 radical (unpaired) electrons. The third-order valence-corrected chi connectivity index (χ3v) is 6.56. The van der Waals surface area contributed by atoms with E-state index in [9.17, 15) is 14.0 Å². The highest BCUT2D eigenvalue weighted by molar-refractivity contribution is 6.30. The third kappa shape index (κ3) is 5.18. The minimum Gasteiger partial charge on any atom is -0.444 e. The first-order valence-corrected chi connectivity index (χ1v) is 12.7. The van der Waals surface area contributed by atoms with Crippen molar-refractivity contribution in [3.8, 4) is 5.69 Å². The molecule has 9 nitrogen and oxygen atoms in total. The third-order valence-electron chi connectivity index (χ3n) is 6.30. The van der Waals surface area contributed by atoms with Gasteiger partial charge in [0.05, 0.1) is 22.3 Å². The normalized spacial score (nSPS) is 17.4. The summed E-state index contributed by atoms with van der Waals surface area (Å²) in [4.78, 5) is 43.0. The van der Waals surface area contributed by atoms with Crippen molar-refractivity contribution in [1.82, 2.24) is 24.4 Å². The molecular formula is C27H34ClFN6O3. The molecule has 0 N–H and O–H groups in total. The van der Waals surface area contributed by atoms with Gasteiger partial charge >= 0.3 is 11.8 Å². The number of hydrogen-bond donors (Lipinski definition) is 0. The van der Waals surface area contributed by atoms with Crippen LogP contribution in [0.3, 0.4) is 0 Å². The van der Waals surface area contributed by atoms with E-state index in [4.69, 9.17) is 20.5 Å². The largest absolute Gasteiger partial charge is 0.444 e. The molecule has 0 aliphatic carbocycles. The number of aromatic nitrogens is 4. The maximum Gasteiger partial charge on any atom is 0.410 e. The molecule has 0 saturated carbocycles. The molecule has 3 aromatic rings. The summed E-state index contributed by atoms with van der Waals surface area (Å²) < 4.78 is 45.9. The van der Waals surface area contributed by atoms with E-state index in [0.717, 1.165) is 10.6 Å². The minimum absolute atomic E-state index is 0.0156. The molecule has 1 fully saturated rings. The fraction of sp³-hybridized carbons (Fsp3) is 0.519. The fourth-order valence-electron chi connectivity index (χ4n) is 4.65. The first-order valence-electron chi connectivity index (χ1n) is 13.9. The lowest BCUT2D eigenvalue weighted by atomic mass is 9.99.